The summed E-state index contributed by atoms with van der Waals surface area (Å²) >= 11 is 0. The predicted octanol–water partition coefficient (Wildman–Crippen LogP) is 3.43. The Kier molecular flexibility index (Phi) is 3.74. The Labute approximate surface area is 148 Å². The lowest BCUT2D eigenvalue weighted by Gasteiger charge is -2.39. The van der Waals surface area contributed by atoms with Crippen molar-refractivity contribution in [3.63, 3.8) is 0 Å². The summed E-state index contributed by atoms with van der Waals surface area (Å²) in [4.78, 5) is 18.1. The van der Waals surface area contributed by atoms with Gasteiger partial charge in [-0.2, -0.15) is 0 Å². The number of carbonyl (C=O) groups excluding carboxylic acids is 1. The Morgan fingerprint density at radius 2 is 2.20 bits per heavy atom. The SMILES string of the molecule is CN1CC(C)(C)Oc2cc(C3CC3)c(C(=O)NCc3ccc[nH]3)cc21. The molecule has 1 amide bonds. The Hall–Kier alpha value is -2.43. The van der Waals surface area contributed by atoms with E-state index in [-0.39, 0.29) is 11.5 Å². The van der Waals surface area contributed by atoms with Crippen LogP contribution in [0.2, 0.25) is 0 Å². The van der Waals surface area contributed by atoms with Crippen LogP contribution < -0.4 is 15.0 Å². The van der Waals surface area contributed by atoms with Crippen LogP contribution in [0.3, 0.4) is 0 Å². The Bertz CT molecular complexity index is 792. The summed E-state index contributed by atoms with van der Waals surface area (Å²) in [5, 5.41) is 3.03. The number of amides is 1. The van der Waals surface area contributed by atoms with Gasteiger partial charge in [0.25, 0.3) is 5.91 Å². The minimum atomic E-state index is -0.222. The van der Waals surface area contributed by atoms with E-state index in [1.165, 1.54) is 0 Å². The molecule has 1 aliphatic heterocycles. The van der Waals surface area contributed by atoms with E-state index in [4.69, 9.17) is 4.74 Å². The number of rotatable bonds is 4. The molecule has 2 aliphatic rings. The summed E-state index contributed by atoms with van der Waals surface area (Å²) in [6, 6.07) is 8.00. The van der Waals surface area contributed by atoms with Crippen LogP contribution in [0.4, 0.5) is 5.69 Å². The number of hydrogen-bond acceptors (Lipinski definition) is 3. The third-order valence-corrected chi connectivity index (χ3v) is 4.91. The molecule has 0 atom stereocenters. The van der Waals surface area contributed by atoms with Gasteiger partial charge in [0, 0.05) is 24.5 Å². The van der Waals surface area contributed by atoms with Gasteiger partial charge in [0.1, 0.15) is 11.4 Å². The highest BCUT2D eigenvalue weighted by Crippen LogP contribution is 2.46. The zero-order valence-electron chi connectivity index (χ0n) is 15.1. The number of nitrogens with zero attached hydrogens (tertiary/aromatic N) is 1. The fraction of sp³-hybridized carbons (Fsp3) is 0.450. The molecule has 0 saturated heterocycles. The molecule has 1 aromatic carbocycles. The van der Waals surface area contributed by atoms with Gasteiger partial charge in [-0.15, -0.1) is 0 Å². The number of fused-ring (bicyclic) bond motifs is 1. The quantitative estimate of drug-likeness (QED) is 0.897. The van der Waals surface area contributed by atoms with Gasteiger partial charge in [0.15, 0.2) is 0 Å². The minimum Gasteiger partial charge on any atom is -0.484 e. The molecule has 4 rings (SSSR count). The highest BCUT2D eigenvalue weighted by molar-refractivity contribution is 5.97. The molecular weight excluding hydrogens is 314 g/mol. The second kappa shape index (κ2) is 5.83. The topological polar surface area (TPSA) is 57.4 Å². The van der Waals surface area contributed by atoms with E-state index in [1.807, 2.05) is 24.4 Å². The Balaban J connectivity index is 1.65. The van der Waals surface area contributed by atoms with Crippen molar-refractivity contribution in [3.8, 4) is 5.75 Å². The first-order valence-electron chi connectivity index (χ1n) is 8.91. The molecule has 5 nitrogen and oxygen atoms in total. The van der Waals surface area contributed by atoms with Gasteiger partial charge >= 0.3 is 0 Å². The predicted molar refractivity (Wildman–Crippen MR) is 98.4 cm³/mol. The maximum atomic E-state index is 12.8. The van der Waals surface area contributed by atoms with E-state index < -0.39 is 0 Å². The molecule has 0 unspecified atom stereocenters. The minimum absolute atomic E-state index is 0.0162. The molecule has 5 heteroatoms. The number of hydrogen-bond donors (Lipinski definition) is 2. The molecule has 25 heavy (non-hydrogen) atoms. The smallest absolute Gasteiger partial charge is 0.251 e. The lowest BCUT2D eigenvalue weighted by molar-refractivity contribution is 0.0948. The summed E-state index contributed by atoms with van der Waals surface area (Å²) in [6.07, 6.45) is 4.16. The van der Waals surface area contributed by atoms with Gasteiger partial charge in [-0.1, -0.05) is 0 Å². The summed E-state index contributed by atoms with van der Waals surface area (Å²) < 4.78 is 6.18. The van der Waals surface area contributed by atoms with Gasteiger partial charge in [-0.25, -0.2) is 0 Å². The summed E-state index contributed by atoms with van der Waals surface area (Å²) in [5.74, 6) is 1.36. The van der Waals surface area contributed by atoms with E-state index in [0.29, 0.717) is 12.5 Å². The van der Waals surface area contributed by atoms with Crippen molar-refractivity contribution in [2.24, 2.45) is 0 Å². The average molecular weight is 339 g/mol. The first-order valence-corrected chi connectivity index (χ1v) is 8.91. The van der Waals surface area contributed by atoms with Crippen molar-refractivity contribution in [1.29, 1.82) is 0 Å². The zero-order chi connectivity index (χ0) is 17.6. The first kappa shape index (κ1) is 16.1. The number of likely N-dealkylation sites (N-methyl/N-ethyl adjacent to an activating group) is 1. The average Bonchev–Trinajstić information content (AvgIpc) is 3.26. The monoisotopic (exact) mass is 339 g/mol. The van der Waals surface area contributed by atoms with E-state index in [0.717, 1.165) is 47.6 Å². The van der Waals surface area contributed by atoms with Crippen molar-refractivity contribution in [2.75, 3.05) is 18.5 Å². The number of nitrogens with one attached hydrogen (secondary N) is 2. The van der Waals surface area contributed by atoms with Crippen LogP contribution in [0.5, 0.6) is 5.75 Å². The van der Waals surface area contributed by atoms with E-state index in [1.54, 1.807) is 0 Å². The Morgan fingerprint density at radius 3 is 2.88 bits per heavy atom. The summed E-state index contributed by atoms with van der Waals surface area (Å²) in [7, 11) is 2.06. The molecule has 1 fully saturated rings. The van der Waals surface area contributed by atoms with Gasteiger partial charge in [0.05, 0.1) is 18.8 Å². The molecule has 2 heterocycles. The molecular formula is C20H25N3O2. The molecule has 2 N–H and O–H groups in total. The van der Waals surface area contributed by atoms with Crippen LogP contribution in [0.15, 0.2) is 30.5 Å². The molecule has 1 saturated carbocycles. The number of aromatic nitrogens is 1. The number of ether oxygens (including phenoxy) is 1. The van der Waals surface area contributed by atoms with Crippen molar-refractivity contribution >= 4 is 11.6 Å². The molecule has 2 aromatic rings. The fourth-order valence-electron chi connectivity index (χ4n) is 3.63. The van der Waals surface area contributed by atoms with Crippen LogP contribution in [-0.2, 0) is 6.54 Å². The zero-order valence-corrected chi connectivity index (χ0v) is 15.1. The largest absolute Gasteiger partial charge is 0.484 e. The van der Waals surface area contributed by atoms with Crippen LogP contribution >= 0.6 is 0 Å². The third kappa shape index (κ3) is 3.23. The maximum Gasteiger partial charge on any atom is 0.251 e. The highest BCUT2D eigenvalue weighted by Gasteiger charge is 2.34. The molecule has 132 valence electrons. The standard InChI is InChI=1S/C20H25N3O2/c1-20(2)12-23(3)17-9-16(15(13-6-7-13)10-18(17)25-20)19(24)22-11-14-5-4-8-21-14/h4-5,8-10,13,21H,6-7,11-12H2,1-3H3,(H,22,24). The Morgan fingerprint density at radius 1 is 1.40 bits per heavy atom. The van der Waals surface area contributed by atoms with E-state index in [9.17, 15) is 4.79 Å². The molecule has 1 aromatic heterocycles. The van der Waals surface area contributed by atoms with Gasteiger partial charge in [0.2, 0.25) is 0 Å². The normalized spacial score (nSPS) is 18.4. The number of anilines is 1. The lowest BCUT2D eigenvalue weighted by Crippen LogP contribution is -2.45. The van der Waals surface area contributed by atoms with Crippen molar-refractivity contribution < 1.29 is 9.53 Å². The third-order valence-electron chi connectivity index (χ3n) is 4.91. The van der Waals surface area contributed by atoms with Crippen LogP contribution in [-0.4, -0.2) is 30.1 Å². The number of H-pyrrole nitrogens is 1. The number of benzene rings is 1. The second-order valence-corrected chi connectivity index (χ2v) is 7.78. The van der Waals surface area contributed by atoms with Gasteiger partial charge in [-0.05, 0) is 62.4 Å². The highest BCUT2D eigenvalue weighted by atomic mass is 16.5. The van der Waals surface area contributed by atoms with Crippen LogP contribution in [0.25, 0.3) is 0 Å². The van der Waals surface area contributed by atoms with Crippen LogP contribution in [0.1, 0.15) is 54.2 Å². The summed E-state index contributed by atoms with van der Waals surface area (Å²) in [5.41, 5.74) is 3.67. The van der Waals surface area contributed by atoms with Crippen molar-refractivity contribution in [1.82, 2.24) is 10.3 Å². The number of carbonyl (C=O) groups is 1. The number of aromatic amines is 1. The van der Waals surface area contributed by atoms with E-state index in [2.05, 4.69) is 42.2 Å². The van der Waals surface area contributed by atoms with E-state index >= 15 is 0 Å². The lowest BCUT2D eigenvalue weighted by atomic mass is 9.98. The molecule has 0 bridgehead atoms. The summed E-state index contributed by atoms with van der Waals surface area (Å²) in [6.45, 7) is 5.50. The van der Waals surface area contributed by atoms with Gasteiger partial charge in [-0.3, -0.25) is 4.79 Å². The molecule has 1 aliphatic carbocycles. The second-order valence-electron chi connectivity index (χ2n) is 7.78. The van der Waals surface area contributed by atoms with Crippen molar-refractivity contribution in [3.05, 3.63) is 47.3 Å². The fourth-order valence-corrected chi connectivity index (χ4v) is 3.63. The first-order chi connectivity index (χ1) is 11.9. The van der Waals surface area contributed by atoms with Crippen molar-refractivity contribution in [2.45, 2.75) is 44.8 Å². The molecule has 0 spiro atoms. The van der Waals surface area contributed by atoms with Crippen LogP contribution in [0, 0.1) is 0 Å². The van der Waals surface area contributed by atoms with Gasteiger partial charge < -0.3 is 19.9 Å². The maximum absolute atomic E-state index is 12.8. The molecule has 0 radical (unpaired) electrons.